The third-order valence-corrected chi connectivity index (χ3v) is 8.21. The minimum absolute atomic E-state index is 0.00191. The van der Waals surface area contributed by atoms with E-state index in [-0.39, 0.29) is 29.0 Å². The molecule has 1 aliphatic rings. The Morgan fingerprint density at radius 3 is 2.10 bits per heavy atom. The second kappa shape index (κ2) is 9.38. The summed E-state index contributed by atoms with van der Waals surface area (Å²) >= 11 is 9.28. The smallest absolute Gasteiger partial charge is 0.246 e. The van der Waals surface area contributed by atoms with Crippen molar-refractivity contribution in [1.82, 2.24) is 9.21 Å². The van der Waals surface area contributed by atoms with Gasteiger partial charge in [0.1, 0.15) is 4.90 Å². The van der Waals surface area contributed by atoms with Crippen molar-refractivity contribution in [3.05, 3.63) is 99.2 Å². The zero-order chi connectivity index (χ0) is 22.0. The van der Waals surface area contributed by atoms with E-state index < -0.39 is 15.8 Å². The molecule has 0 saturated carbocycles. The maximum absolute atomic E-state index is 14.4. The second-order valence-electron chi connectivity index (χ2n) is 7.36. The Hall–Kier alpha value is -1.77. The molecule has 1 saturated heterocycles. The fraction of sp³-hybridized carbons (Fsp3) is 0.217. The number of hydrogen-bond acceptors (Lipinski definition) is 3. The van der Waals surface area contributed by atoms with Gasteiger partial charge in [0.15, 0.2) is 5.82 Å². The molecular weight excluding hydrogens is 503 g/mol. The van der Waals surface area contributed by atoms with Crippen molar-refractivity contribution in [3.8, 4) is 0 Å². The summed E-state index contributed by atoms with van der Waals surface area (Å²) in [6.45, 7) is 1.59. The highest BCUT2D eigenvalue weighted by atomic mass is 79.9. The summed E-state index contributed by atoms with van der Waals surface area (Å²) in [6.07, 6.45) is 0. The van der Waals surface area contributed by atoms with Crippen molar-refractivity contribution in [1.29, 1.82) is 0 Å². The Balaban J connectivity index is 1.58. The van der Waals surface area contributed by atoms with Gasteiger partial charge in [0, 0.05) is 30.7 Å². The van der Waals surface area contributed by atoms with Gasteiger partial charge in [0.25, 0.3) is 0 Å². The van der Waals surface area contributed by atoms with Gasteiger partial charge in [-0.05, 0) is 35.4 Å². The number of halogens is 3. The molecule has 4 rings (SSSR count). The lowest BCUT2D eigenvalue weighted by molar-refractivity contribution is 0.155. The van der Waals surface area contributed by atoms with Crippen LogP contribution in [-0.4, -0.2) is 43.8 Å². The zero-order valence-corrected chi connectivity index (χ0v) is 19.7. The molecule has 0 radical (unpaired) electrons. The van der Waals surface area contributed by atoms with E-state index in [0.717, 1.165) is 15.6 Å². The Labute approximate surface area is 195 Å². The van der Waals surface area contributed by atoms with E-state index >= 15 is 0 Å². The van der Waals surface area contributed by atoms with Crippen molar-refractivity contribution in [2.24, 2.45) is 0 Å². The maximum atomic E-state index is 14.4. The predicted molar refractivity (Wildman–Crippen MR) is 124 cm³/mol. The number of hydrogen-bond donors (Lipinski definition) is 0. The molecule has 1 heterocycles. The molecule has 1 aliphatic heterocycles. The lowest BCUT2D eigenvalue weighted by Crippen LogP contribution is -2.49. The Morgan fingerprint density at radius 2 is 1.45 bits per heavy atom. The number of piperazine rings is 1. The summed E-state index contributed by atoms with van der Waals surface area (Å²) in [6, 6.07) is 22.4. The van der Waals surface area contributed by atoms with Crippen LogP contribution in [0.3, 0.4) is 0 Å². The molecule has 1 atom stereocenters. The van der Waals surface area contributed by atoms with Crippen molar-refractivity contribution in [2.45, 2.75) is 10.9 Å². The molecule has 0 unspecified atom stereocenters. The van der Waals surface area contributed by atoms with Crippen molar-refractivity contribution < 1.29 is 12.8 Å². The summed E-state index contributed by atoms with van der Waals surface area (Å²) < 4.78 is 42.8. The number of sulfonamides is 1. The van der Waals surface area contributed by atoms with Gasteiger partial charge in [-0.15, -0.1) is 0 Å². The molecule has 4 nitrogen and oxygen atoms in total. The first-order valence-corrected chi connectivity index (χ1v) is 12.5. The summed E-state index contributed by atoms with van der Waals surface area (Å²) in [5, 5.41) is -0.195. The zero-order valence-electron chi connectivity index (χ0n) is 16.6. The van der Waals surface area contributed by atoms with Crippen LogP contribution in [0.4, 0.5) is 4.39 Å². The van der Waals surface area contributed by atoms with Crippen LogP contribution >= 0.6 is 27.5 Å². The molecule has 0 amide bonds. The van der Waals surface area contributed by atoms with Crippen molar-refractivity contribution in [2.75, 3.05) is 26.2 Å². The van der Waals surface area contributed by atoms with Gasteiger partial charge in [-0.3, -0.25) is 4.90 Å². The molecule has 3 aromatic rings. The topological polar surface area (TPSA) is 40.6 Å². The molecule has 1 fully saturated rings. The van der Waals surface area contributed by atoms with E-state index in [4.69, 9.17) is 11.6 Å². The van der Waals surface area contributed by atoms with Gasteiger partial charge in [0.05, 0.1) is 11.1 Å². The van der Waals surface area contributed by atoms with Crippen LogP contribution in [0.15, 0.2) is 82.2 Å². The minimum Gasteiger partial charge on any atom is -0.290 e. The third kappa shape index (κ3) is 4.71. The fourth-order valence-electron chi connectivity index (χ4n) is 3.92. The summed E-state index contributed by atoms with van der Waals surface area (Å²) in [7, 11) is -3.96. The number of nitrogens with zero attached hydrogens (tertiary/aromatic N) is 2. The lowest BCUT2D eigenvalue weighted by atomic mass is 9.96. The van der Waals surface area contributed by atoms with Crippen LogP contribution in [0.5, 0.6) is 0 Å². The van der Waals surface area contributed by atoms with Gasteiger partial charge in [-0.25, -0.2) is 12.8 Å². The summed E-state index contributed by atoms with van der Waals surface area (Å²) in [4.78, 5) is 1.89. The van der Waals surface area contributed by atoms with E-state index in [0.29, 0.717) is 13.1 Å². The van der Waals surface area contributed by atoms with E-state index in [1.54, 1.807) is 0 Å². The first-order chi connectivity index (χ1) is 14.9. The van der Waals surface area contributed by atoms with Gasteiger partial charge >= 0.3 is 0 Å². The van der Waals surface area contributed by atoms with Crippen LogP contribution in [0, 0.1) is 5.82 Å². The molecule has 0 aromatic heterocycles. The SMILES string of the molecule is O=S(=O)(c1cccc(Cl)c1F)N1CCN([C@H](c2ccccc2)c2ccc(Br)cc2)CC1. The molecular formula is C23H21BrClFN2O2S. The van der Waals surface area contributed by atoms with Crippen molar-refractivity contribution in [3.63, 3.8) is 0 Å². The van der Waals surface area contributed by atoms with Crippen LogP contribution in [-0.2, 0) is 10.0 Å². The van der Waals surface area contributed by atoms with E-state index in [9.17, 15) is 12.8 Å². The van der Waals surface area contributed by atoms with Gasteiger partial charge in [-0.2, -0.15) is 4.31 Å². The van der Waals surface area contributed by atoms with E-state index in [1.165, 1.54) is 22.5 Å². The monoisotopic (exact) mass is 522 g/mol. The second-order valence-corrected chi connectivity index (χ2v) is 10.6. The summed E-state index contributed by atoms with van der Waals surface area (Å²) in [5.74, 6) is -0.899. The normalized spacial score (nSPS) is 16.9. The molecule has 8 heteroatoms. The van der Waals surface area contributed by atoms with Gasteiger partial charge in [0.2, 0.25) is 10.0 Å². The number of benzene rings is 3. The standard InChI is InChI=1S/C23H21BrClFN2O2S/c24-19-11-9-18(10-12-19)23(17-5-2-1-3-6-17)27-13-15-28(16-14-27)31(29,30)21-8-4-7-20(25)22(21)26/h1-12,23H,13-16H2/t23-/m1/s1. The summed E-state index contributed by atoms with van der Waals surface area (Å²) in [5.41, 5.74) is 2.27. The Kier molecular flexibility index (Phi) is 6.79. The minimum atomic E-state index is -3.96. The maximum Gasteiger partial charge on any atom is 0.246 e. The van der Waals surface area contributed by atoms with Gasteiger partial charge in [-0.1, -0.05) is 76.1 Å². The lowest BCUT2D eigenvalue weighted by Gasteiger charge is -2.39. The highest BCUT2D eigenvalue weighted by Crippen LogP contribution is 2.32. The van der Waals surface area contributed by atoms with Crippen LogP contribution in [0.1, 0.15) is 17.2 Å². The Bertz CT molecular complexity index is 1150. The quantitative estimate of drug-likeness (QED) is 0.453. The number of rotatable bonds is 5. The third-order valence-electron chi connectivity index (χ3n) is 5.47. The van der Waals surface area contributed by atoms with Crippen LogP contribution in [0.2, 0.25) is 5.02 Å². The predicted octanol–water partition coefficient (Wildman–Crippen LogP) is 5.34. The van der Waals surface area contributed by atoms with Gasteiger partial charge < -0.3 is 0 Å². The molecule has 0 spiro atoms. The van der Waals surface area contributed by atoms with E-state index in [2.05, 4.69) is 45.1 Å². The largest absolute Gasteiger partial charge is 0.290 e. The molecule has 0 aliphatic carbocycles. The highest BCUT2D eigenvalue weighted by Gasteiger charge is 2.34. The molecule has 162 valence electrons. The molecule has 31 heavy (non-hydrogen) atoms. The van der Waals surface area contributed by atoms with Crippen LogP contribution < -0.4 is 0 Å². The first-order valence-electron chi connectivity index (χ1n) is 9.86. The fourth-order valence-corrected chi connectivity index (χ4v) is 5.92. The molecule has 3 aromatic carbocycles. The van der Waals surface area contributed by atoms with Crippen LogP contribution in [0.25, 0.3) is 0 Å². The Morgan fingerprint density at radius 1 is 0.839 bits per heavy atom. The highest BCUT2D eigenvalue weighted by molar-refractivity contribution is 9.10. The van der Waals surface area contributed by atoms with Crippen molar-refractivity contribution >= 4 is 37.6 Å². The molecule has 0 bridgehead atoms. The van der Waals surface area contributed by atoms with E-state index in [1.807, 2.05) is 30.3 Å². The molecule has 0 N–H and O–H groups in total. The first kappa shape index (κ1) is 22.4. The average Bonchev–Trinajstić information content (AvgIpc) is 2.78. The average molecular weight is 524 g/mol.